The van der Waals surface area contributed by atoms with E-state index in [4.69, 9.17) is 4.74 Å². The van der Waals surface area contributed by atoms with Crippen LogP contribution >= 0.6 is 0 Å². The molecule has 2 aliphatic rings. The van der Waals surface area contributed by atoms with Gasteiger partial charge < -0.3 is 9.84 Å². The lowest BCUT2D eigenvalue weighted by molar-refractivity contribution is -0.146. The molecule has 5 heteroatoms. The van der Waals surface area contributed by atoms with E-state index in [0.717, 1.165) is 0 Å². The first kappa shape index (κ1) is 13.5. The topological polar surface area (TPSA) is 80.7 Å². The van der Waals surface area contributed by atoms with Gasteiger partial charge in [-0.1, -0.05) is 18.2 Å². The molecule has 0 spiro atoms. The molecule has 0 aromatic heterocycles. The Labute approximate surface area is 121 Å². The molecule has 0 bridgehead atoms. The highest BCUT2D eigenvalue weighted by molar-refractivity contribution is 6.17. The number of hydrogen-bond donors (Lipinski definition) is 1. The molecule has 3 atom stereocenters. The van der Waals surface area contributed by atoms with Gasteiger partial charge in [0.25, 0.3) is 0 Å². The molecule has 1 aromatic rings. The van der Waals surface area contributed by atoms with Gasteiger partial charge in [-0.25, -0.2) is 0 Å². The molecule has 0 amide bonds. The first-order valence-corrected chi connectivity index (χ1v) is 6.75. The van der Waals surface area contributed by atoms with Gasteiger partial charge in [0.05, 0.1) is 11.5 Å². The molecule has 0 radical (unpaired) electrons. The number of phenols is 1. The van der Waals surface area contributed by atoms with Crippen LogP contribution in [0.15, 0.2) is 30.4 Å². The van der Waals surface area contributed by atoms with Crippen molar-refractivity contribution < 1.29 is 24.2 Å². The van der Waals surface area contributed by atoms with E-state index in [1.54, 1.807) is 24.3 Å². The molecule has 3 rings (SSSR count). The van der Waals surface area contributed by atoms with Crippen LogP contribution in [0.1, 0.15) is 34.1 Å². The number of carbonyl (C=O) groups is 3. The normalized spacial score (nSPS) is 27.0. The number of carbonyl (C=O) groups excluding carboxylic acids is 3. The highest BCUT2D eigenvalue weighted by Gasteiger charge is 2.47. The predicted molar refractivity (Wildman–Crippen MR) is 73.1 cm³/mol. The fraction of sp³-hybridized carbons (Fsp3) is 0.312. The zero-order chi connectivity index (χ0) is 15.1. The SMILES string of the molecule is CC(=O)O[C@@H]1C=CC[C@@H]2C(=O)c3cccc(O)c3C(=O)[C@H]21. The molecule has 0 saturated carbocycles. The number of phenolic OH excluding ortho intramolecular Hbond substituents is 1. The minimum absolute atomic E-state index is 0.0382. The third kappa shape index (κ3) is 2.05. The predicted octanol–water partition coefficient (Wildman–Crippen LogP) is 1.90. The Morgan fingerprint density at radius 2 is 2.05 bits per heavy atom. The number of rotatable bonds is 1. The van der Waals surface area contributed by atoms with Gasteiger partial charge >= 0.3 is 5.97 Å². The number of hydrogen-bond acceptors (Lipinski definition) is 5. The van der Waals surface area contributed by atoms with E-state index >= 15 is 0 Å². The van der Waals surface area contributed by atoms with Crippen LogP contribution < -0.4 is 0 Å². The highest BCUT2D eigenvalue weighted by atomic mass is 16.5. The minimum Gasteiger partial charge on any atom is -0.507 e. The van der Waals surface area contributed by atoms with Crippen molar-refractivity contribution in [3.8, 4) is 5.75 Å². The number of aromatic hydroxyl groups is 1. The number of benzene rings is 1. The van der Waals surface area contributed by atoms with Crippen molar-refractivity contribution in [3.05, 3.63) is 41.5 Å². The van der Waals surface area contributed by atoms with Crippen LogP contribution in [0.3, 0.4) is 0 Å². The summed E-state index contributed by atoms with van der Waals surface area (Å²) in [5.74, 6) is -2.54. The minimum atomic E-state index is -0.759. The molecule has 0 aliphatic heterocycles. The molecule has 2 aliphatic carbocycles. The summed E-state index contributed by atoms with van der Waals surface area (Å²) < 4.78 is 5.15. The van der Waals surface area contributed by atoms with Crippen LogP contribution in [-0.4, -0.2) is 28.7 Å². The van der Waals surface area contributed by atoms with Crippen LogP contribution in [0.5, 0.6) is 5.75 Å². The molecule has 0 saturated heterocycles. The van der Waals surface area contributed by atoms with Crippen molar-refractivity contribution in [2.75, 3.05) is 0 Å². The maximum absolute atomic E-state index is 12.7. The zero-order valence-electron chi connectivity index (χ0n) is 11.4. The third-order valence-corrected chi connectivity index (χ3v) is 4.00. The summed E-state index contributed by atoms with van der Waals surface area (Å²) in [6.07, 6.45) is 3.07. The van der Waals surface area contributed by atoms with Crippen LogP contribution in [0, 0.1) is 11.8 Å². The first-order valence-electron chi connectivity index (χ1n) is 6.75. The van der Waals surface area contributed by atoms with E-state index in [9.17, 15) is 19.5 Å². The van der Waals surface area contributed by atoms with Crippen LogP contribution in [0.25, 0.3) is 0 Å². The summed E-state index contributed by atoms with van der Waals surface area (Å²) in [7, 11) is 0. The molecular weight excluding hydrogens is 272 g/mol. The Morgan fingerprint density at radius 1 is 1.29 bits per heavy atom. The lowest BCUT2D eigenvalue weighted by Gasteiger charge is -2.36. The second-order valence-electron chi connectivity index (χ2n) is 5.30. The maximum atomic E-state index is 12.7. The average Bonchev–Trinajstić information content (AvgIpc) is 2.43. The summed E-state index contributed by atoms with van der Waals surface area (Å²) in [5.41, 5.74) is 0.286. The summed E-state index contributed by atoms with van der Waals surface area (Å²) in [4.78, 5) is 36.4. The van der Waals surface area contributed by atoms with Crippen LogP contribution in [0.4, 0.5) is 0 Å². The Kier molecular flexibility index (Phi) is 3.12. The van der Waals surface area contributed by atoms with E-state index in [2.05, 4.69) is 0 Å². The van der Waals surface area contributed by atoms with Crippen LogP contribution in [0.2, 0.25) is 0 Å². The number of ketones is 2. The zero-order valence-corrected chi connectivity index (χ0v) is 11.4. The Balaban J connectivity index is 2.10. The van der Waals surface area contributed by atoms with Gasteiger partial charge in [-0.3, -0.25) is 14.4 Å². The van der Waals surface area contributed by atoms with E-state index in [0.29, 0.717) is 6.42 Å². The highest BCUT2D eigenvalue weighted by Crippen LogP contribution is 2.41. The van der Waals surface area contributed by atoms with Gasteiger partial charge in [0.2, 0.25) is 0 Å². The van der Waals surface area contributed by atoms with Crippen molar-refractivity contribution >= 4 is 17.5 Å². The third-order valence-electron chi connectivity index (χ3n) is 4.00. The van der Waals surface area contributed by atoms with Gasteiger partial charge in [0.1, 0.15) is 11.9 Å². The van der Waals surface area contributed by atoms with Crippen molar-refractivity contribution in [1.82, 2.24) is 0 Å². The largest absolute Gasteiger partial charge is 0.507 e. The fourth-order valence-electron chi connectivity index (χ4n) is 3.13. The summed E-state index contributed by atoms with van der Waals surface area (Å²) in [5, 5.41) is 9.90. The quantitative estimate of drug-likeness (QED) is 0.630. The second kappa shape index (κ2) is 4.84. The molecule has 5 nitrogen and oxygen atoms in total. The van der Waals surface area contributed by atoms with Gasteiger partial charge in [0, 0.05) is 18.4 Å². The lowest BCUT2D eigenvalue weighted by Crippen LogP contribution is -2.45. The average molecular weight is 286 g/mol. The van der Waals surface area contributed by atoms with E-state index in [-0.39, 0.29) is 28.4 Å². The Morgan fingerprint density at radius 3 is 2.76 bits per heavy atom. The first-order chi connectivity index (χ1) is 10.0. The maximum Gasteiger partial charge on any atom is 0.303 e. The van der Waals surface area contributed by atoms with Crippen molar-refractivity contribution in [3.63, 3.8) is 0 Å². The van der Waals surface area contributed by atoms with Gasteiger partial charge in [-0.05, 0) is 18.6 Å². The standard InChI is InChI=1S/C16H14O5/c1-8(17)21-12-7-3-5-10-14(12)16(20)13-9(15(10)19)4-2-6-11(13)18/h2-4,6-7,10,12,14,18H,5H2,1H3/t10-,12+,14+/m0/s1. The van der Waals surface area contributed by atoms with Gasteiger partial charge in [-0.2, -0.15) is 0 Å². The van der Waals surface area contributed by atoms with Crippen LogP contribution in [-0.2, 0) is 9.53 Å². The van der Waals surface area contributed by atoms with Crippen molar-refractivity contribution in [2.45, 2.75) is 19.4 Å². The molecule has 1 N–H and O–H groups in total. The molecule has 0 heterocycles. The van der Waals surface area contributed by atoms with E-state index < -0.39 is 23.9 Å². The molecule has 0 fully saturated rings. The van der Waals surface area contributed by atoms with E-state index in [1.165, 1.54) is 13.0 Å². The van der Waals surface area contributed by atoms with E-state index in [1.807, 2.05) is 0 Å². The molecule has 21 heavy (non-hydrogen) atoms. The van der Waals surface area contributed by atoms with Crippen molar-refractivity contribution in [2.24, 2.45) is 11.8 Å². The summed E-state index contributed by atoms with van der Waals surface area (Å²) >= 11 is 0. The fourth-order valence-corrected chi connectivity index (χ4v) is 3.13. The second-order valence-corrected chi connectivity index (χ2v) is 5.30. The molecule has 0 unspecified atom stereocenters. The van der Waals surface area contributed by atoms with Crippen molar-refractivity contribution in [1.29, 1.82) is 0 Å². The number of fused-ring (bicyclic) bond motifs is 2. The number of esters is 1. The molecular formula is C16H14O5. The molecule has 1 aromatic carbocycles. The number of ether oxygens (including phenoxy) is 1. The smallest absolute Gasteiger partial charge is 0.303 e. The number of allylic oxidation sites excluding steroid dienone is 1. The van der Waals surface area contributed by atoms with Gasteiger partial charge in [-0.15, -0.1) is 0 Å². The molecule has 108 valence electrons. The monoisotopic (exact) mass is 286 g/mol. The Bertz CT molecular complexity index is 673. The van der Waals surface area contributed by atoms with Gasteiger partial charge in [0.15, 0.2) is 11.6 Å². The summed E-state index contributed by atoms with van der Waals surface area (Å²) in [6, 6.07) is 4.47. The summed E-state index contributed by atoms with van der Waals surface area (Å²) in [6.45, 7) is 1.26. The Hall–Kier alpha value is -2.43. The number of Topliss-reactive ketones (excluding diaryl/α,β-unsaturated/α-hetero) is 2. The lowest BCUT2D eigenvalue weighted by atomic mass is 9.68.